The van der Waals surface area contributed by atoms with Crippen LogP contribution >= 0.6 is 0 Å². The molecule has 0 aliphatic heterocycles. The smallest absolute Gasteiger partial charge is 0.407 e. The van der Waals surface area contributed by atoms with E-state index in [9.17, 15) is 18.4 Å². The number of hydrogen-bond donors (Lipinski definition) is 3. The number of halogens is 2. The summed E-state index contributed by atoms with van der Waals surface area (Å²) in [4.78, 5) is 29.1. The summed E-state index contributed by atoms with van der Waals surface area (Å²) < 4.78 is 32.2. The standard InChI is InChI=1S/C25H30F2N4O3/c1-24(2,3)34-23(33)30-16-6-8-20-14(9-16)10-17(13-28-20)29-22(32)31-21-12-25(21,4)15-5-7-18(26)19(27)11-15/h5,7,10-11,13,16,21H,6,8-9,12H2,1-4H3,(H,30,33)(H2,29,31,32). The highest BCUT2D eigenvalue weighted by Crippen LogP contribution is 2.48. The number of ether oxygens (including phenoxy) is 1. The van der Waals surface area contributed by atoms with Crippen LogP contribution < -0.4 is 16.0 Å². The number of nitrogens with zero attached hydrogens (tertiary/aromatic N) is 1. The van der Waals surface area contributed by atoms with Crippen LogP contribution in [0.2, 0.25) is 0 Å². The van der Waals surface area contributed by atoms with Crippen molar-refractivity contribution in [2.24, 2.45) is 0 Å². The molecule has 3 unspecified atom stereocenters. The summed E-state index contributed by atoms with van der Waals surface area (Å²) in [6, 6.07) is 5.05. The van der Waals surface area contributed by atoms with Crippen LogP contribution in [0.25, 0.3) is 0 Å². The summed E-state index contributed by atoms with van der Waals surface area (Å²) in [6.45, 7) is 7.36. The van der Waals surface area contributed by atoms with E-state index in [1.165, 1.54) is 6.07 Å². The van der Waals surface area contributed by atoms with Crippen molar-refractivity contribution in [3.8, 4) is 0 Å². The number of pyridine rings is 1. The lowest BCUT2D eigenvalue weighted by Crippen LogP contribution is -2.42. The Kier molecular flexibility index (Phi) is 6.22. The first-order valence-corrected chi connectivity index (χ1v) is 11.4. The zero-order valence-corrected chi connectivity index (χ0v) is 19.8. The van der Waals surface area contributed by atoms with Gasteiger partial charge in [-0.05, 0) is 75.8 Å². The quantitative estimate of drug-likeness (QED) is 0.607. The summed E-state index contributed by atoms with van der Waals surface area (Å²) in [7, 11) is 0. The number of rotatable bonds is 4. The maximum absolute atomic E-state index is 13.6. The Balaban J connectivity index is 1.33. The van der Waals surface area contributed by atoms with Gasteiger partial charge in [0.05, 0.1) is 11.9 Å². The maximum Gasteiger partial charge on any atom is 0.407 e. The van der Waals surface area contributed by atoms with Crippen molar-refractivity contribution in [2.45, 2.75) is 76.5 Å². The van der Waals surface area contributed by atoms with Gasteiger partial charge in [-0.25, -0.2) is 18.4 Å². The van der Waals surface area contributed by atoms with Crippen LogP contribution in [0.1, 0.15) is 57.4 Å². The highest BCUT2D eigenvalue weighted by molar-refractivity contribution is 5.89. The van der Waals surface area contributed by atoms with E-state index < -0.39 is 34.8 Å². The van der Waals surface area contributed by atoms with E-state index in [1.54, 1.807) is 12.3 Å². The third-order valence-electron chi connectivity index (χ3n) is 6.36. The first kappa shape index (κ1) is 23.9. The van der Waals surface area contributed by atoms with Gasteiger partial charge in [0.2, 0.25) is 0 Å². The SMILES string of the molecule is CC(C)(C)OC(=O)NC1CCc2ncc(NC(=O)NC3CC3(C)c3ccc(F)c(F)c3)cc2C1. The van der Waals surface area contributed by atoms with Crippen molar-refractivity contribution in [1.29, 1.82) is 0 Å². The van der Waals surface area contributed by atoms with Crippen molar-refractivity contribution in [1.82, 2.24) is 15.6 Å². The topological polar surface area (TPSA) is 92.3 Å². The van der Waals surface area contributed by atoms with Gasteiger partial charge in [0, 0.05) is 23.2 Å². The van der Waals surface area contributed by atoms with Crippen molar-refractivity contribution >= 4 is 17.8 Å². The van der Waals surface area contributed by atoms with Crippen LogP contribution in [-0.2, 0) is 23.0 Å². The van der Waals surface area contributed by atoms with Crippen LogP contribution in [0.3, 0.4) is 0 Å². The van der Waals surface area contributed by atoms with Crippen molar-refractivity contribution in [3.63, 3.8) is 0 Å². The number of carbonyl (C=O) groups is 2. The number of aromatic nitrogens is 1. The molecule has 1 fully saturated rings. The summed E-state index contributed by atoms with van der Waals surface area (Å²) in [5.74, 6) is -1.79. The number of anilines is 1. The molecule has 182 valence electrons. The maximum atomic E-state index is 13.6. The molecule has 0 bridgehead atoms. The molecule has 1 saturated carbocycles. The zero-order valence-electron chi connectivity index (χ0n) is 19.8. The number of alkyl carbamates (subject to hydrolysis) is 1. The minimum absolute atomic E-state index is 0.0727. The fourth-order valence-electron chi connectivity index (χ4n) is 4.36. The Morgan fingerprint density at radius 3 is 2.62 bits per heavy atom. The number of urea groups is 1. The summed E-state index contributed by atoms with van der Waals surface area (Å²) in [5.41, 5.74) is 2.09. The normalized spacial score (nSPS) is 23.5. The molecule has 0 radical (unpaired) electrons. The molecule has 4 rings (SSSR count). The van der Waals surface area contributed by atoms with Crippen LogP contribution in [0.4, 0.5) is 24.1 Å². The van der Waals surface area contributed by atoms with E-state index in [2.05, 4.69) is 20.9 Å². The number of amides is 3. The summed E-state index contributed by atoms with van der Waals surface area (Å²) >= 11 is 0. The van der Waals surface area contributed by atoms with E-state index in [-0.39, 0.29) is 12.1 Å². The lowest BCUT2D eigenvalue weighted by molar-refractivity contribution is 0.0500. The number of hydrogen-bond acceptors (Lipinski definition) is 4. The number of fused-ring (bicyclic) bond motifs is 1. The molecule has 0 spiro atoms. The zero-order chi connectivity index (χ0) is 24.7. The second-order valence-corrected chi connectivity index (χ2v) is 10.3. The van der Waals surface area contributed by atoms with Gasteiger partial charge >= 0.3 is 12.1 Å². The van der Waals surface area contributed by atoms with Crippen LogP contribution in [0, 0.1) is 11.6 Å². The molecule has 0 saturated heterocycles. The minimum atomic E-state index is -0.895. The Hall–Kier alpha value is -3.23. The van der Waals surface area contributed by atoms with E-state index in [0.717, 1.165) is 30.2 Å². The first-order chi connectivity index (χ1) is 15.9. The Labute approximate surface area is 197 Å². The number of nitrogens with one attached hydrogen (secondary N) is 3. The fraction of sp³-hybridized carbons (Fsp3) is 0.480. The summed E-state index contributed by atoms with van der Waals surface area (Å²) in [5, 5.41) is 8.60. The van der Waals surface area contributed by atoms with Gasteiger partial charge in [-0.1, -0.05) is 13.0 Å². The van der Waals surface area contributed by atoms with Gasteiger partial charge in [-0.3, -0.25) is 4.98 Å². The molecule has 34 heavy (non-hydrogen) atoms. The molecule has 7 nitrogen and oxygen atoms in total. The molecule has 1 aromatic carbocycles. The second-order valence-electron chi connectivity index (χ2n) is 10.3. The molecule has 9 heteroatoms. The number of carbonyl (C=O) groups excluding carboxylic acids is 2. The highest BCUT2D eigenvalue weighted by atomic mass is 19.2. The van der Waals surface area contributed by atoms with Crippen LogP contribution in [0.5, 0.6) is 0 Å². The molecule has 1 heterocycles. The van der Waals surface area contributed by atoms with Gasteiger partial charge in [-0.15, -0.1) is 0 Å². The third-order valence-corrected chi connectivity index (χ3v) is 6.36. The van der Waals surface area contributed by atoms with E-state index in [4.69, 9.17) is 4.74 Å². The van der Waals surface area contributed by atoms with Gasteiger partial charge < -0.3 is 20.7 Å². The molecule has 3 N–H and O–H groups in total. The predicted molar refractivity (Wildman–Crippen MR) is 124 cm³/mol. The van der Waals surface area contributed by atoms with Gasteiger partial charge in [0.15, 0.2) is 11.6 Å². The number of aryl methyl sites for hydroxylation is 1. The van der Waals surface area contributed by atoms with E-state index in [1.807, 2.05) is 33.8 Å². The van der Waals surface area contributed by atoms with Crippen molar-refractivity contribution in [3.05, 3.63) is 58.9 Å². The van der Waals surface area contributed by atoms with Crippen LogP contribution in [0.15, 0.2) is 30.5 Å². The fourth-order valence-corrected chi connectivity index (χ4v) is 4.36. The molecule has 2 aliphatic carbocycles. The van der Waals surface area contributed by atoms with Gasteiger partial charge in [0.25, 0.3) is 0 Å². The Morgan fingerprint density at radius 1 is 1.15 bits per heavy atom. The predicted octanol–water partition coefficient (Wildman–Crippen LogP) is 4.59. The lowest BCUT2D eigenvalue weighted by atomic mass is 9.91. The van der Waals surface area contributed by atoms with E-state index >= 15 is 0 Å². The van der Waals surface area contributed by atoms with Gasteiger partial charge in [-0.2, -0.15) is 0 Å². The minimum Gasteiger partial charge on any atom is -0.444 e. The molecule has 2 aromatic rings. The Morgan fingerprint density at radius 2 is 1.91 bits per heavy atom. The Bertz CT molecular complexity index is 1120. The van der Waals surface area contributed by atoms with Crippen molar-refractivity contribution in [2.75, 3.05) is 5.32 Å². The third kappa shape index (κ3) is 5.46. The largest absolute Gasteiger partial charge is 0.444 e. The first-order valence-electron chi connectivity index (χ1n) is 11.4. The average Bonchev–Trinajstić information content (AvgIpc) is 3.38. The number of benzene rings is 1. The molecular weight excluding hydrogens is 442 g/mol. The second kappa shape index (κ2) is 8.85. The molecule has 2 aliphatic rings. The average molecular weight is 473 g/mol. The van der Waals surface area contributed by atoms with Crippen molar-refractivity contribution < 1.29 is 23.1 Å². The molecular formula is C25H30F2N4O3. The molecule has 3 atom stereocenters. The molecule has 3 amide bonds. The van der Waals surface area contributed by atoms with Crippen LogP contribution in [-0.4, -0.2) is 34.8 Å². The lowest BCUT2D eigenvalue weighted by Gasteiger charge is -2.27. The summed E-state index contributed by atoms with van der Waals surface area (Å²) in [6.07, 6.45) is 3.87. The highest BCUT2D eigenvalue weighted by Gasteiger charge is 2.52. The van der Waals surface area contributed by atoms with Gasteiger partial charge in [0.1, 0.15) is 5.60 Å². The molecule has 1 aromatic heterocycles. The van der Waals surface area contributed by atoms with E-state index in [0.29, 0.717) is 24.1 Å². The monoisotopic (exact) mass is 472 g/mol.